The van der Waals surface area contributed by atoms with E-state index in [1.807, 2.05) is 32.9 Å². The Labute approximate surface area is 103 Å². The summed E-state index contributed by atoms with van der Waals surface area (Å²) < 4.78 is 0. The molecule has 0 saturated carbocycles. The van der Waals surface area contributed by atoms with Crippen molar-refractivity contribution in [2.24, 2.45) is 5.41 Å². The molecule has 0 radical (unpaired) electrons. The lowest BCUT2D eigenvalue weighted by Crippen LogP contribution is -2.35. The number of carbonyl (C=O) groups excluding carboxylic acids is 1. The molecule has 0 aliphatic rings. The molecule has 0 saturated heterocycles. The lowest BCUT2D eigenvalue weighted by Gasteiger charge is -2.17. The summed E-state index contributed by atoms with van der Waals surface area (Å²) in [6, 6.07) is 7.17. The van der Waals surface area contributed by atoms with E-state index in [2.05, 4.69) is 5.32 Å². The standard InChI is InChI=1S/C14H21NO2/c1-14(2,3)13(17)15-10-4-5-11-6-8-12(16)9-7-11/h6-9,16H,4-5,10H2,1-3H3,(H,15,17). The van der Waals surface area contributed by atoms with Gasteiger partial charge in [0.1, 0.15) is 5.75 Å². The van der Waals surface area contributed by atoms with Crippen molar-refractivity contribution in [3.8, 4) is 5.75 Å². The monoisotopic (exact) mass is 235 g/mol. The van der Waals surface area contributed by atoms with Crippen LogP contribution in [0.1, 0.15) is 32.8 Å². The van der Waals surface area contributed by atoms with Crippen molar-refractivity contribution in [2.75, 3.05) is 6.54 Å². The van der Waals surface area contributed by atoms with Gasteiger partial charge in [-0.15, -0.1) is 0 Å². The Morgan fingerprint density at radius 1 is 1.24 bits per heavy atom. The molecule has 0 aromatic heterocycles. The van der Waals surface area contributed by atoms with E-state index >= 15 is 0 Å². The molecule has 0 aliphatic heterocycles. The molecule has 2 N–H and O–H groups in total. The van der Waals surface area contributed by atoms with Crippen molar-refractivity contribution in [3.05, 3.63) is 29.8 Å². The van der Waals surface area contributed by atoms with Gasteiger partial charge in [-0.3, -0.25) is 4.79 Å². The number of nitrogens with one attached hydrogen (secondary N) is 1. The number of aromatic hydroxyl groups is 1. The summed E-state index contributed by atoms with van der Waals surface area (Å²) in [6.45, 7) is 6.41. The van der Waals surface area contributed by atoms with Crippen LogP contribution in [-0.2, 0) is 11.2 Å². The van der Waals surface area contributed by atoms with Crippen LogP contribution in [0.3, 0.4) is 0 Å². The van der Waals surface area contributed by atoms with E-state index in [9.17, 15) is 4.79 Å². The number of hydrogen-bond donors (Lipinski definition) is 2. The van der Waals surface area contributed by atoms with Crippen molar-refractivity contribution in [3.63, 3.8) is 0 Å². The molecule has 1 aromatic carbocycles. The molecule has 0 spiro atoms. The molecule has 0 unspecified atom stereocenters. The minimum Gasteiger partial charge on any atom is -0.508 e. The number of phenols is 1. The van der Waals surface area contributed by atoms with Crippen LogP contribution in [0, 0.1) is 5.41 Å². The van der Waals surface area contributed by atoms with Crippen LogP contribution in [0.5, 0.6) is 5.75 Å². The summed E-state index contributed by atoms with van der Waals surface area (Å²) in [5.41, 5.74) is 0.853. The Kier molecular flexibility index (Phi) is 4.55. The molecule has 1 amide bonds. The van der Waals surface area contributed by atoms with Gasteiger partial charge in [0.05, 0.1) is 0 Å². The number of aryl methyl sites for hydroxylation is 1. The maximum absolute atomic E-state index is 11.6. The van der Waals surface area contributed by atoms with E-state index in [4.69, 9.17) is 5.11 Å². The zero-order chi connectivity index (χ0) is 12.9. The van der Waals surface area contributed by atoms with Gasteiger partial charge in [0, 0.05) is 12.0 Å². The number of hydrogen-bond acceptors (Lipinski definition) is 2. The fourth-order valence-electron chi connectivity index (χ4n) is 1.42. The summed E-state index contributed by atoms with van der Waals surface area (Å²) >= 11 is 0. The molecule has 0 heterocycles. The van der Waals surface area contributed by atoms with Crippen molar-refractivity contribution in [1.82, 2.24) is 5.32 Å². The lowest BCUT2D eigenvalue weighted by molar-refractivity contribution is -0.128. The van der Waals surface area contributed by atoms with Gasteiger partial charge < -0.3 is 10.4 Å². The van der Waals surface area contributed by atoms with Crippen LogP contribution in [0.25, 0.3) is 0 Å². The highest BCUT2D eigenvalue weighted by Gasteiger charge is 2.19. The SMILES string of the molecule is CC(C)(C)C(=O)NCCCc1ccc(O)cc1. The molecule has 0 bridgehead atoms. The van der Waals surface area contributed by atoms with Gasteiger partial charge in [0.15, 0.2) is 0 Å². The quantitative estimate of drug-likeness (QED) is 0.788. The highest BCUT2D eigenvalue weighted by atomic mass is 16.3. The summed E-state index contributed by atoms with van der Waals surface area (Å²) in [6.07, 6.45) is 1.82. The zero-order valence-corrected chi connectivity index (χ0v) is 10.8. The van der Waals surface area contributed by atoms with Crippen molar-refractivity contribution >= 4 is 5.91 Å². The molecule has 0 atom stereocenters. The first-order valence-corrected chi connectivity index (χ1v) is 5.96. The van der Waals surface area contributed by atoms with Crippen molar-refractivity contribution in [2.45, 2.75) is 33.6 Å². The Morgan fingerprint density at radius 3 is 2.35 bits per heavy atom. The number of carbonyl (C=O) groups is 1. The second kappa shape index (κ2) is 5.71. The van der Waals surface area contributed by atoms with Gasteiger partial charge in [-0.25, -0.2) is 0 Å². The molecule has 1 rings (SSSR count). The summed E-state index contributed by atoms with van der Waals surface area (Å²) in [5, 5.41) is 12.0. The van der Waals surface area contributed by atoms with E-state index < -0.39 is 0 Å². The van der Waals surface area contributed by atoms with Gasteiger partial charge in [-0.1, -0.05) is 32.9 Å². The molecule has 3 nitrogen and oxygen atoms in total. The van der Waals surface area contributed by atoms with E-state index in [1.165, 1.54) is 5.56 Å². The summed E-state index contributed by atoms with van der Waals surface area (Å²) in [5.74, 6) is 0.373. The summed E-state index contributed by atoms with van der Waals surface area (Å²) in [7, 11) is 0. The Balaban J connectivity index is 2.25. The molecule has 17 heavy (non-hydrogen) atoms. The number of amides is 1. The average molecular weight is 235 g/mol. The normalized spacial score (nSPS) is 11.2. The molecule has 0 aliphatic carbocycles. The fourth-order valence-corrected chi connectivity index (χ4v) is 1.42. The van der Waals surface area contributed by atoms with Crippen molar-refractivity contribution in [1.29, 1.82) is 0 Å². The third kappa shape index (κ3) is 4.89. The predicted octanol–water partition coefficient (Wildman–Crippen LogP) is 2.49. The van der Waals surface area contributed by atoms with Gasteiger partial charge in [0.25, 0.3) is 0 Å². The molecule has 3 heteroatoms. The minimum absolute atomic E-state index is 0.0863. The third-order valence-corrected chi connectivity index (χ3v) is 2.55. The number of benzene rings is 1. The van der Waals surface area contributed by atoms with Crippen LogP contribution >= 0.6 is 0 Å². The molecule has 94 valence electrons. The Bertz CT molecular complexity index is 363. The van der Waals surface area contributed by atoms with Gasteiger partial charge in [-0.05, 0) is 30.5 Å². The smallest absolute Gasteiger partial charge is 0.225 e. The maximum Gasteiger partial charge on any atom is 0.225 e. The lowest BCUT2D eigenvalue weighted by atomic mass is 9.95. The Morgan fingerprint density at radius 2 is 1.82 bits per heavy atom. The second-order valence-corrected chi connectivity index (χ2v) is 5.28. The number of phenolic OH excluding ortho intramolecular Hbond substituents is 1. The average Bonchev–Trinajstić information content (AvgIpc) is 2.25. The highest BCUT2D eigenvalue weighted by molar-refractivity contribution is 5.81. The molecular weight excluding hydrogens is 214 g/mol. The first kappa shape index (κ1) is 13.6. The van der Waals surface area contributed by atoms with Crippen LogP contribution in [-0.4, -0.2) is 17.6 Å². The molecule has 1 aromatic rings. The van der Waals surface area contributed by atoms with E-state index in [0.29, 0.717) is 6.54 Å². The first-order valence-electron chi connectivity index (χ1n) is 5.96. The van der Waals surface area contributed by atoms with Gasteiger partial charge in [0.2, 0.25) is 5.91 Å². The van der Waals surface area contributed by atoms with Crippen LogP contribution in [0.4, 0.5) is 0 Å². The van der Waals surface area contributed by atoms with E-state index in [-0.39, 0.29) is 17.1 Å². The van der Waals surface area contributed by atoms with Crippen molar-refractivity contribution < 1.29 is 9.90 Å². The maximum atomic E-state index is 11.6. The van der Waals surface area contributed by atoms with Crippen LogP contribution < -0.4 is 5.32 Å². The topological polar surface area (TPSA) is 49.3 Å². The molecular formula is C14H21NO2. The third-order valence-electron chi connectivity index (χ3n) is 2.55. The number of rotatable bonds is 4. The zero-order valence-electron chi connectivity index (χ0n) is 10.8. The van der Waals surface area contributed by atoms with Crippen LogP contribution in [0.15, 0.2) is 24.3 Å². The predicted molar refractivity (Wildman–Crippen MR) is 68.9 cm³/mol. The second-order valence-electron chi connectivity index (χ2n) is 5.28. The highest BCUT2D eigenvalue weighted by Crippen LogP contribution is 2.13. The molecule has 0 fully saturated rings. The van der Waals surface area contributed by atoms with Gasteiger partial charge in [-0.2, -0.15) is 0 Å². The van der Waals surface area contributed by atoms with Crippen LogP contribution in [0.2, 0.25) is 0 Å². The summed E-state index contributed by atoms with van der Waals surface area (Å²) in [4.78, 5) is 11.6. The first-order chi connectivity index (χ1) is 7.89. The fraction of sp³-hybridized carbons (Fsp3) is 0.500. The minimum atomic E-state index is -0.321. The Hall–Kier alpha value is -1.51. The van der Waals surface area contributed by atoms with E-state index in [0.717, 1.165) is 12.8 Å². The van der Waals surface area contributed by atoms with E-state index in [1.54, 1.807) is 12.1 Å². The van der Waals surface area contributed by atoms with Gasteiger partial charge >= 0.3 is 0 Å². The largest absolute Gasteiger partial charge is 0.508 e.